The fourth-order valence-electron chi connectivity index (χ4n) is 2.04. The van der Waals surface area contributed by atoms with E-state index in [2.05, 4.69) is 4.37 Å². The first kappa shape index (κ1) is 16.3. The zero-order chi connectivity index (χ0) is 15.8. The van der Waals surface area contributed by atoms with E-state index in [0.717, 1.165) is 4.90 Å². The minimum atomic E-state index is -4.42. The fraction of sp³-hybridized carbons (Fsp3) is 0.727. The Balaban J connectivity index is 2.42. The summed E-state index contributed by atoms with van der Waals surface area (Å²) in [5, 5.41) is -0.539. The third-order valence-electron chi connectivity index (χ3n) is 3.06. The Kier molecular flexibility index (Phi) is 4.39. The lowest BCUT2D eigenvalue weighted by molar-refractivity contribution is -0.119. The molecule has 0 aliphatic heterocycles. The number of nitrogens with zero attached hydrogens (tertiary/aromatic N) is 2. The molecule has 0 saturated heterocycles. The fourth-order valence-corrected chi connectivity index (χ4v) is 5.09. The maximum Gasteiger partial charge on any atom is 0.405 e. The lowest BCUT2D eigenvalue weighted by atomic mass is 10.4. The zero-order valence-corrected chi connectivity index (χ0v) is 13.0. The van der Waals surface area contributed by atoms with Gasteiger partial charge in [0.2, 0.25) is 0 Å². The molecule has 0 aromatic carbocycles. The summed E-state index contributed by atoms with van der Waals surface area (Å²) in [5.41, 5.74) is 5.60. The normalized spacial score (nSPS) is 16.2. The Hall–Kier alpha value is -1.03. The largest absolute Gasteiger partial charge is 0.405 e. The number of halogens is 3. The first-order chi connectivity index (χ1) is 9.66. The molecule has 1 aromatic heterocycles. The van der Waals surface area contributed by atoms with Crippen molar-refractivity contribution in [1.29, 1.82) is 0 Å². The summed E-state index contributed by atoms with van der Waals surface area (Å²) in [6.07, 6.45) is -2.93. The van der Waals surface area contributed by atoms with Gasteiger partial charge in [-0.2, -0.15) is 17.5 Å². The molecule has 0 amide bonds. The van der Waals surface area contributed by atoms with E-state index in [4.69, 9.17) is 5.73 Å². The van der Waals surface area contributed by atoms with Crippen molar-refractivity contribution < 1.29 is 21.6 Å². The Morgan fingerprint density at radius 1 is 1.43 bits per heavy atom. The molecule has 0 atom stereocenters. The van der Waals surface area contributed by atoms with Crippen LogP contribution in [0.2, 0.25) is 0 Å². The lowest BCUT2D eigenvalue weighted by Gasteiger charge is -2.24. The van der Waals surface area contributed by atoms with Crippen molar-refractivity contribution in [3.8, 4) is 0 Å². The standard InChI is InChI=1S/C11H16F3N3O2S2/c1-2-5-17(6-11(12,13)14)10-8(9(15)16-20-10)21(18,19)7-3-4-7/h7H,2-6H2,1H3,(H2,15,16). The van der Waals surface area contributed by atoms with Gasteiger partial charge in [-0.15, -0.1) is 0 Å². The van der Waals surface area contributed by atoms with E-state index in [9.17, 15) is 21.6 Å². The molecule has 1 aliphatic carbocycles. The molecule has 1 aromatic rings. The second-order valence-corrected chi connectivity index (χ2v) is 7.90. The zero-order valence-electron chi connectivity index (χ0n) is 11.4. The van der Waals surface area contributed by atoms with Crippen molar-refractivity contribution >= 4 is 32.2 Å². The molecular weight excluding hydrogens is 327 g/mol. The summed E-state index contributed by atoms with van der Waals surface area (Å²) in [5.74, 6) is -0.204. The van der Waals surface area contributed by atoms with Crippen LogP contribution < -0.4 is 10.6 Å². The number of sulfone groups is 1. The summed E-state index contributed by atoms with van der Waals surface area (Å²) in [4.78, 5) is 0.774. The van der Waals surface area contributed by atoms with Gasteiger partial charge in [0.15, 0.2) is 15.7 Å². The molecule has 0 radical (unpaired) electrons. The lowest BCUT2D eigenvalue weighted by Crippen LogP contribution is -2.35. The van der Waals surface area contributed by atoms with Crippen molar-refractivity contribution in [3.63, 3.8) is 0 Å². The molecule has 1 saturated carbocycles. The highest BCUT2D eigenvalue weighted by atomic mass is 32.2. The maximum atomic E-state index is 12.7. The molecule has 5 nitrogen and oxygen atoms in total. The Morgan fingerprint density at radius 2 is 2.05 bits per heavy atom. The average molecular weight is 343 g/mol. The van der Waals surface area contributed by atoms with Crippen LogP contribution in [0, 0.1) is 0 Å². The van der Waals surface area contributed by atoms with Gasteiger partial charge in [0.1, 0.15) is 16.4 Å². The van der Waals surface area contributed by atoms with Crippen LogP contribution in [-0.2, 0) is 9.84 Å². The van der Waals surface area contributed by atoms with Crippen LogP contribution in [-0.4, -0.2) is 37.3 Å². The number of nitrogens with two attached hydrogens (primary N) is 1. The van der Waals surface area contributed by atoms with Crippen LogP contribution >= 0.6 is 11.5 Å². The van der Waals surface area contributed by atoms with E-state index in [0.29, 0.717) is 30.8 Å². The van der Waals surface area contributed by atoms with Crippen molar-refractivity contribution in [2.45, 2.75) is 42.5 Å². The van der Waals surface area contributed by atoms with E-state index >= 15 is 0 Å². The van der Waals surface area contributed by atoms with Crippen LogP contribution in [0.15, 0.2) is 4.90 Å². The predicted molar refractivity (Wildman–Crippen MR) is 75.3 cm³/mol. The van der Waals surface area contributed by atoms with Gasteiger partial charge >= 0.3 is 6.18 Å². The number of hydrogen-bond donors (Lipinski definition) is 1. The third kappa shape index (κ3) is 3.60. The first-order valence-corrected chi connectivity index (χ1v) is 8.79. The average Bonchev–Trinajstić information content (AvgIpc) is 3.11. The van der Waals surface area contributed by atoms with Crippen molar-refractivity contribution in [1.82, 2.24) is 4.37 Å². The minimum absolute atomic E-state index is 0.00132. The number of nitrogen functional groups attached to an aromatic ring is 1. The number of anilines is 2. The highest BCUT2D eigenvalue weighted by Gasteiger charge is 2.42. The van der Waals surface area contributed by atoms with Crippen molar-refractivity contribution in [2.75, 3.05) is 23.7 Å². The van der Waals surface area contributed by atoms with Gasteiger partial charge in [0.25, 0.3) is 0 Å². The summed E-state index contributed by atoms with van der Waals surface area (Å²) in [6, 6.07) is 0. The van der Waals surface area contributed by atoms with Gasteiger partial charge in [-0.1, -0.05) is 6.92 Å². The number of hydrogen-bond acceptors (Lipinski definition) is 6. The molecule has 21 heavy (non-hydrogen) atoms. The van der Waals surface area contributed by atoms with Gasteiger partial charge in [-0.05, 0) is 30.8 Å². The number of rotatable bonds is 6. The van der Waals surface area contributed by atoms with Gasteiger partial charge in [-0.25, -0.2) is 8.42 Å². The third-order valence-corrected chi connectivity index (χ3v) is 6.43. The molecule has 1 aliphatic rings. The molecule has 1 fully saturated rings. The van der Waals surface area contributed by atoms with Crippen LogP contribution in [0.5, 0.6) is 0 Å². The topological polar surface area (TPSA) is 76.3 Å². The molecule has 2 rings (SSSR count). The van der Waals surface area contributed by atoms with Crippen LogP contribution in [0.4, 0.5) is 24.0 Å². The highest BCUT2D eigenvalue weighted by molar-refractivity contribution is 7.92. The molecular formula is C11H16F3N3O2S2. The maximum absolute atomic E-state index is 12.7. The summed E-state index contributed by atoms with van der Waals surface area (Å²) in [7, 11) is -3.69. The quantitative estimate of drug-likeness (QED) is 0.858. The van der Waals surface area contributed by atoms with Gasteiger partial charge in [-0.3, -0.25) is 0 Å². The monoisotopic (exact) mass is 343 g/mol. The molecule has 120 valence electrons. The van der Waals surface area contributed by atoms with Crippen molar-refractivity contribution in [3.05, 3.63) is 0 Å². The second-order valence-electron chi connectivity index (χ2n) is 4.98. The second kappa shape index (κ2) is 5.64. The van der Waals surface area contributed by atoms with E-state index in [1.54, 1.807) is 6.92 Å². The van der Waals surface area contributed by atoms with Crippen LogP contribution in [0.1, 0.15) is 26.2 Å². The van der Waals surface area contributed by atoms with E-state index in [1.165, 1.54) is 0 Å². The van der Waals surface area contributed by atoms with Gasteiger partial charge < -0.3 is 10.6 Å². The minimum Gasteiger partial charge on any atom is -0.382 e. The number of alkyl halides is 3. The van der Waals surface area contributed by atoms with Crippen LogP contribution in [0.3, 0.4) is 0 Å². The number of aromatic nitrogens is 1. The molecule has 10 heteroatoms. The molecule has 2 N–H and O–H groups in total. The smallest absolute Gasteiger partial charge is 0.382 e. The molecule has 0 unspecified atom stereocenters. The van der Waals surface area contributed by atoms with Crippen LogP contribution in [0.25, 0.3) is 0 Å². The summed E-state index contributed by atoms with van der Waals surface area (Å²) in [6.45, 7) is 0.604. The highest BCUT2D eigenvalue weighted by Crippen LogP contribution is 2.43. The van der Waals surface area contributed by atoms with Crippen molar-refractivity contribution in [2.24, 2.45) is 0 Å². The molecule has 0 spiro atoms. The SMILES string of the molecule is CCCN(CC(F)(F)F)c1snc(N)c1S(=O)(=O)C1CC1. The first-order valence-electron chi connectivity index (χ1n) is 6.47. The van der Waals surface area contributed by atoms with Gasteiger partial charge in [0, 0.05) is 6.54 Å². The van der Waals surface area contributed by atoms with Gasteiger partial charge in [0.05, 0.1) is 5.25 Å². The predicted octanol–water partition coefficient (Wildman–Crippen LogP) is 2.44. The van der Waals surface area contributed by atoms with E-state index in [-0.39, 0.29) is 22.3 Å². The summed E-state index contributed by atoms with van der Waals surface area (Å²) >= 11 is 0.709. The molecule has 0 bridgehead atoms. The Morgan fingerprint density at radius 3 is 2.52 bits per heavy atom. The summed E-state index contributed by atoms with van der Waals surface area (Å²) < 4.78 is 66.5. The van der Waals surface area contributed by atoms with E-state index < -0.39 is 27.8 Å². The Bertz CT molecular complexity index is 609. The molecule has 1 heterocycles. The Labute approximate surface area is 125 Å². The van der Waals surface area contributed by atoms with E-state index in [1.807, 2.05) is 0 Å².